The Balaban J connectivity index is 1.23. The molecule has 7 heteroatoms. The van der Waals surface area contributed by atoms with Crippen molar-refractivity contribution < 1.29 is 9.53 Å². The van der Waals surface area contributed by atoms with Crippen LogP contribution in [0.3, 0.4) is 0 Å². The monoisotopic (exact) mass is 494 g/mol. The summed E-state index contributed by atoms with van der Waals surface area (Å²) in [6.45, 7) is 5.43. The molecule has 0 aliphatic carbocycles. The number of fused-ring (bicyclic) bond motifs is 2. The maximum Gasteiger partial charge on any atom is 0.254 e. The maximum absolute atomic E-state index is 13.7. The minimum absolute atomic E-state index is 0.0519. The van der Waals surface area contributed by atoms with Gasteiger partial charge in [-0.3, -0.25) is 4.79 Å². The third kappa shape index (κ3) is 4.27. The van der Waals surface area contributed by atoms with Crippen molar-refractivity contribution >= 4 is 43.5 Å². The van der Waals surface area contributed by atoms with E-state index in [1.165, 1.54) is 0 Å². The normalized spacial score (nSPS) is 13.9. The van der Waals surface area contributed by atoms with Gasteiger partial charge in [-0.15, -0.1) is 0 Å². The summed E-state index contributed by atoms with van der Waals surface area (Å²) in [5.74, 6) is 0.922. The standard InChI is InChI=1S/C29H26N4O2S/c1-2-35-21-12-13-25-27(18-21)36-29(31-25)33-16-14-32(15-17-33)28(34)23-19-26(20-8-4-3-5-9-20)30-24-11-7-6-10-22(23)24/h3-13,18-19H,2,14-17H2,1H3. The van der Waals surface area contributed by atoms with Crippen LogP contribution in [0.2, 0.25) is 0 Å². The SMILES string of the molecule is CCOc1ccc2nc(N3CCN(C(=O)c4cc(-c5ccccc5)nc5ccccc45)CC3)sc2c1. The molecule has 0 bridgehead atoms. The van der Waals surface area contributed by atoms with Crippen molar-refractivity contribution in [2.24, 2.45) is 0 Å². The van der Waals surface area contributed by atoms with Gasteiger partial charge in [0.25, 0.3) is 5.91 Å². The number of pyridine rings is 1. The lowest BCUT2D eigenvalue weighted by Gasteiger charge is -2.34. The number of piperazine rings is 1. The Morgan fingerprint density at radius 3 is 2.47 bits per heavy atom. The number of thiazole rings is 1. The number of nitrogens with zero attached hydrogens (tertiary/aromatic N) is 4. The van der Waals surface area contributed by atoms with Crippen LogP contribution in [0.25, 0.3) is 32.4 Å². The van der Waals surface area contributed by atoms with Crippen LogP contribution in [-0.4, -0.2) is 53.6 Å². The molecule has 0 spiro atoms. The van der Waals surface area contributed by atoms with E-state index < -0.39 is 0 Å². The highest BCUT2D eigenvalue weighted by molar-refractivity contribution is 7.22. The second kappa shape index (κ2) is 9.59. The minimum Gasteiger partial charge on any atom is -0.494 e. The molecule has 1 fully saturated rings. The van der Waals surface area contributed by atoms with Gasteiger partial charge in [0.1, 0.15) is 5.75 Å². The van der Waals surface area contributed by atoms with Crippen molar-refractivity contribution in [3.8, 4) is 17.0 Å². The second-order valence-electron chi connectivity index (χ2n) is 8.78. The summed E-state index contributed by atoms with van der Waals surface area (Å²) >= 11 is 1.67. The molecule has 1 aliphatic rings. The third-order valence-electron chi connectivity index (χ3n) is 6.51. The molecule has 3 aromatic carbocycles. The van der Waals surface area contributed by atoms with Crippen molar-refractivity contribution in [1.82, 2.24) is 14.9 Å². The Labute approximate surface area is 213 Å². The first-order valence-corrected chi connectivity index (χ1v) is 13.0. The molecule has 180 valence electrons. The molecule has 1 aliphatic heterocycles. The van der Waals surface area contributed by atoms with Crippen LogP contribution in [0.15, 0.2) is 78.9 Å². The molecule has 0 radical (unpaired) electrons. The zero-order valence-electron chi connectivity index (χ0n) is 20.1. The fourth-order valence-electron chi connectivity index (χ4n) is 4.66. The number of aromatic nitrogens is 2. The van der Waals surface area contributed by atoms with Crippen molar-refractivity contribution in [2.75, 3.05) is 37.7 Å². The molecule has 0 atom stereocenters. The predicted molar refractivity (Wildman–Crippen MR) is 146 cm³/mol. The highest BCUT2D eigenvalue weighted by Crippen LogP contribution is 2.32. The number of carbonyl (C=O) groups is 1. The van der Waals surface area contributed by atoms with Crippen LogP contribution in [-0.2, 0) is 0 Å². The quantitative estimate of drug-likeness (QED) is 0.306. The van der Waals surface area contributed by atoms with Gasteiger partial charge in [0.15, 0.2) is 5.13 Å². The molecular formula is C29H26N4O2S. The lowest BCUT2D eigenvalue weighted by molar-refractivity contribution is 0.0748. The zero-order valence-corrected chi connectivity index (χ0v) is 20.9. The van der Waals surface area contributed by atoms with Crippen LogP contribution in [0.1, 0.15) is 17.3 Å². The van der Waals surface area contributed by atoms with Gasteiger partial charge in [0.05, 0.1) is 33.6 Å². The van der Waals surface area contributed by atoms with Gasteiger partial charge in [-0.2, -0.15) is 0 Å². The smallest absolute Gasteiger partial charge is 0.254 e. The topological polar surface area (TPSA) is 58.6 Å². The molecule has 2 aromatic heterocycles. The molecule has 3 heterocycles. The summed E-state index contributed by atoms with van der Waals surface area (Å²) in [5, 5.41) is 1.88. The fraction of sp³-hybridized carbons (Fsp3) is 0.207. The van der Waals surface area contributed by atoms with Crippen molar-refractivity contribution in [3.63, 3.8) is 0 Å². The van der Waals surface area contributed by atoms with Gasteiger partial charge in [-0.05, 0) is 37.3 Å². The molecule has 5 aromatic rings. The summed E-state index contributed by atoms with van der Waals surface area (Å²) in [5.41, 5.74) is 4.34. The molecular weight excluding hydrogens is 468 g/mol. The lowest BCUT2D eigenvalue weighted by atomic mass is 10.0. The Hall–Kier alpha value is -3.97. The van der Waals surface area contributed by atoms with Gasteiger partial charge in [0, 0.05) is 37.1 Å². The van der Waals surface area contributed by atoms with Gasteiger partial charge < -0.3 is 14.5 Å². The number of para-hydroxylation sites is 1. The summed E-state index contributed by atoms with van der Waals surface area (Å²) in [6, 6.07) is 25.9. The van der Waals surface area contributed by atoms with Gasteiger partial charge in [0.2, 0.25) is 0 Å². The van der Waals surface area contributed by atoms with E-state index in [9.17, 15) is 4.79 Å². The summed E-state index contributed by atoms with van der Waals surface area (Å²) in [6.07, 6.45) is 0. The first-order chi connectivity index (χ1) is 17.7. The molecule has 1 saturated heterocycles. The molecule has 1 amide bonds. The van der Waals surface area contributed by atoms with E-state index in [2.05, 4.69) is 11.0 Å². The maximum atomic E-state index is 13.7. The van der Waals surface area contributed by atoms with Crippen LogP contribution in [0.5, 0.6) is 5.75 Å². The first-order valence-electron chi connectivity index (χ1n) is 12.2. The number of hydrogen-bond acceptors (Lipinski definition) is 6. The van der Waals surface area contributed by atoms with Crippen molar-refractivity contribution in [3.05, 3.63) is 84.4 Å². The lowest BCUT2D eigenvalue weighted by Crippen LogP contribution is -2.48. The Morgan fingerprint density at radius 1 is 0.889 bits per heavy atom. The molecule has 36 heavy (non-hydrogen) atoms. The number of ether oxygens (including phenoxy) is 1. The summed E-state index contributed by atoms with van der Waals surface area (Å²) in [7, 11) is 0. The van der Waals surface area contributed by atoms with Crippen LogP contribution < -0.4 is 9.64 Å². The molecule has 0 unspecified atom stereocenters. The van der Waals surface area contributed by atoms with Crippen molar-refractivity contribution in [1.29, 1.82) is 0 Å². The van der Waals surface area contributed by atoms with E-state index in [1.807, 2.05) is 84.6 Å². The van der Waals surface area contributed by atoms with E-state index >= 15 is 0 Å². The minimum atomic E-state index is 0.0519. The largest absolute Gasteiger partial charge is 0.494 e. The predicted octanol–water partition coefficient (Wildman–Crippen LogP) is 5.87. The summed E-state index contributed by atoms with van der Waals surface area (Å²) < 4.78 is 6.75. The van der Waals surface area contributed by atoms with E-state index in [4.69, 9.17) is 14.7 Å². The average Bonchev–Trinajstić information content (AvgIpc) is 3.36. The van der Waals surface area contributed by atoms with Crippen LogP contribution in [0, 0.1) is 0 Å². The molecule has 6 rings (SSSR count). The molecule has 6 nitrogen and oxygen atoms in total. The van der Waals surface area contributed by atoms with Gasteiger partial charge >= 0.3 is 0 Å². The number of hydrogen-bond donors (Lipinski definition) is 0. The number of benzene rings is 3. The fourth-order valence-corrected chi connectivity index (χ4v) is 5.71. The highest BCUT2D eigenvalue weighted by Gasteiger charge is 2.26. The van der Waals surface area contributed by atoms with E-state index in [0.29, 0.717) is 25.3 Å². The van der Waals surface area contributed by atoms with Crippen molar-refractivity contribution in [2.45, 2.75) is 6.92 Å². The van der Waals surface area contributed by atoms with E-state index in [0.717, 1.165) is 56.3 Å². The Bertz CT molecular complexity index is 1540. The molecule has 0 N–H and O–H groups in total. The Morgan fingerprint density at radius 2 is 1.67 bits per heavy atom. The third-order valence-corrected chi connectivity index (χ3v) is 7.59. The van der Waals surface area contributed by atoms with Crippen LogP contribution in [0.4, 0.5) is 5.13 Å². The average molecular weight is 495 g/mol. The zero-order chi connectivity index (χ0) is 24.5. The highest BCUT2D eigenvalue weighted by atomic mass is 32.1. The van der Waals surface area contributed by atoms with Gasteiger partial charge in [-0.25, -0.2) is 9.97 Å². The number of amides is 1. The number of rotatable bonds is 5. The first kappa shape index (κ1) is 22.5. The van der Waals surface area contributed by atoms with Crippen LogP contribution >= 0.6 is 11.3 Å². The number of carbonyl (C=O) groups excluding carboxylic acids is 1. The number of anilines is 1. The van der Waals surface area contributed by atoms with Gasteiger partial charge in [-0.1, -0.05) is 59.9 Å². The van der Waals surface area contributed by atoms with E-state index in [1.54, 1.807) is 11.3 Å². The second-order valence-corrected chi connectivity index (χ2v) is 9.79. The van der Waals surface area contributed by atoms with E-state index in [-0.39, 0.29) is 5.91 Å². The molecule has 0 saturated carbocycles. The summed E-state index contributed by atoms with van der Waals surface area (Å²) in [4.78, 5) is 27.6. The Kier molecular flexibility index (Phi) is 5.99.